The molecule has 0 aliphatic rings. The average molecular weight is 695 g/mol. The third-order valence-corrected chi connectivity index (χ3v) is 9.32. The lowest BCUT2D eigenvalue weighted by atomic mass is 9.92. The van der Waals surface area contributed by atoms with Crippen LogP contribution < -0.4 is 21.7 Å². The van der Waals surface area contributed by atoms with Crippen LogP contribution in [0.2, 0.25) is 0 Å². The van der Waals surface area contributed by atoms with E-state index in [4.69, 9.17) is 0 Å². The standard InChI is InChI=1S/C40H62N4O6/c1-5-8-11-13-15-22-30-24-18-27-33(45)35(30)39(49)43-41-37(47)29(4)20-17-26-32(21-10-7-3)38(48)42-44-40(50)36-31(25-19-28-34(36)46)23-16-14-12-9-6-2/h18-19,24-25,27-29,32,45-46H,5-17,20-23,26H2,1-4H3,(H,41,47)(H,42,48)(H,43,49)(H,44,50). The summed E-state index contributed by atoms with van der Waals surface area (Å²) in [6.45, 7) is 8.13. The Morgan fingerprint density at radius 3 is 1.46 bits per heavy atom. The van der Waals surface area contributed by atoms with Gasteiger partial charge >= 0.3 is 0 Å². The van der Waals surface area contributed by atoms with Crippen LogP contribution in [0.5, 0.6) is 11.5 Å². The first-order valence-electron chi connectivity index (χ1n) is 19.0. The number of phenolic OH excluding ortho intramolecular Hbond substituents is 2. The molecule has 4 amide bonds. The highest BCUT2D eigenvalue weighted by Crippen LogP contribution is 2.25. The van der Waals surface area contributed by atoms with E-state index in [0.29, 0.717) is 38.5 Å². The minimum absolute atomic E-state index is 0.118. The van der Waals surface area contributed by atoms with Gasteiger partial charge in [-0.25, -0.2) is 0 Å². The first kappa shape index (κ1) is 42.1. The molecule has 278 valence electrons. The second-order valence-electron chi connectivity index (χ2n) is 13.5. The first-order valence-corrected chi connectivity index (χ1v) is 19.0. The molecule has 0 aromatic heterocycles. The Labute approximate surface area is 299 Å². The minimum atomic E-state index is -0.562. The molecule has 0 bridgehead atoms. The summed E-state index contributed by atoms with van der Waals surface area (Å²) in [6, 6.07) is 10.1. The van der Waals surface area contributed by atoms with E-state index in [1.54, 1.807) is 19.1 Å². The number of rotatable bonds is 23. The maximum absolute atomic E-state index is 13.2. The Morgan fingerprint density at radius 1 is 0.540 bits per heavy atom. The van der Waals surface area contributed by atoms with Crippen molar-refractivity contribution in [3.63, 3.8) is 0 Å². The highest BCUT2D eigenvalue weighted by molar-refractivity contribution is 6.00. The molecule has 0 fully saturated rings. The lowest BCUT2D eigenvalue weighted by Gasteiger charge is -2.19. The normalized spacial score (nSPS) is 12.2. The van der Waals surface area contributed by atoms with E-state index in [9.17, 15) is 29.4 Å². The molecule has 10 heteroatoms. The van der Waals surface area contributed by atoms with Gasteiger partial charge in [-0.1, -0.05) is 123 Å². The van der Waals surface area contributed by atoms with Crippen LogP contribution in [0.3, 0.4) is 0 Å². The van der Waals surface area contributed by atoms with Crippen LogP contribution in [0.15, 0.2) is 36.4 Å². The molecule has 6 N–H and O–H groups in total. The number of hydrogen-bond donors (Lipinski definition) is 6. The molecule has 0 saturated heterocycles. The van der Waals surface area contributed by atoms with E-state index in [1.807, 2.05) is 19.1 Å². The fourth-order valence-corrected chi connectivity index (χ4v) is 6.20. The minimum Gasteiger partial charge on any atom is -0.507 e. The van der Waals surface area contributed by atoms with Crippen LogP contribution in [0, 0.1) is 11.8 Å². The van der Waals surface area contributed by atoms with Gasteiger partial charge < -0.3 is 10.2 Å². The lowest BCUT2D eigenvalue weighted by molar-refractivity contribution is -0.126. The Bertz CT molecular complexity index is 1350. The van der Waals surface area contributed by atoms with Gasteiger partial charge in [0.15, 0.2) is 0 Å². The molecule has 0 heterocycles. The van der Waals surface area contributed by atoms with Crippen LogP contribution >= 0.6 is 0 Å². The van der Waals surface area contributed by atoms with Crippen LogP contribution in [0.4, 0.5) is 0 Å². The predicted molar refractivity (Wildman–Crippen MR) is 198 cm³/mol. The van der Waals surface area contributed by atoms with Crippen molar-refractivity contribution in [2.24, 2.45) is 11.8 Å². The Balaban J connectivity index is 1.88. The molecule has 50 heavy (non-hydrogen) atoms. The smallest absolute Gasteiger partial charge is 0.273 e. The summed E-state index contributed by atoms with van der Waals surface area (Å²) in [5.41, 5.74) is 11.9. The van der Waals surface area contributed by atoms with Crippen molar-refractivity contribution in [2.45, 2.75) is 143 Å². The molecule has 2 aromatic carbocycles. The zero-order valence-corrected chi connectivity index (χ0v) is 30.9. The zero-order chi connectivity index (χ0) is 36.7. The quantitative estimate of drug-likeness (QED) is 0.0512. The SMILES string of the molecule is CCCCCCCc1cccc(O)c1C(=O)NNC(=O)C(C)CCCC(CCCC)C(=O)NNC(=O)c1c(O)cccc1CCCCCCC. The third-order valence-electron chi connectivity index (χ3n) is 9.32. The molecule has 2 atom stereocenters. The summed E-state index contributed by atoms with van der Waals surface area (Å²) in [5.74, 6) is -2.83. The second kappa shape index (κ2) is 24.1. The Hall–Kier alpha value is -4.08. The molecule has 2 unspecified atom stereocenters. The van der Waals surface area contributed by atoms with Crippen molar-refractivity contribution in [3.05, 3.63) is 58.7 Å². The monoisotopic (exact) mass is 694 g/mol. The van der Waals surface area contributed by atoms with Gasteiger partial charge in [-0.15, -0.1) is 0 Å². The van der Waals surface area contributed by atoms with Gasteiger partial charge in [-0.3, -0.25) is 40.9 Å². The van der Waals surface area contributed by atoms with E-state index < -0.39 is 17.7 Å². The van der Waals surface area contributed by atoms with Crippen molar-refractivity contribution in [3.8, 4) is 11.5 Å². The number of phenols is 2. The van der Waals surface area contributed by atoms with Gasteiger partial charge in [0.25, 0.3) is 11.8 Å². The third kappa shape index (κ3) is 14.8. The zero-order valence-electron chi connectivity index (χ0n) is 30.9. The highest BCUT2D eigenvalue weighted by atomic mass is 16.3. The van der Waals surface area contributed by atoms with Gasteiger partial charge in [0.05, 0.1) is 11.1 Å². The van der Waals surface area contributed by atoms with Gasteiger partial charge in [-0.2, -0.15) is 0 Å². The number of aryl methyl sites for hydroxylation is 2. The molecule has 2 aromatic rings. The second-order valence-corrected chi connectivity index (χ2v) is 13.5. The van der Waals surface area contributed by atoms with Crippen LogP contribution in [-0.4, -0.2) is 33.8 Å². The number of benzene rings is 2. The molecular weight excluding hydrogens is 632 g/mol. The summed E-state index contributed by atoms with van der Waals surface area (Å²) in [7, 11) is 0. The fraction of sp³-hybridized carbons (Fsp3) is 0.600. The highest BCUT2D eigenvalue weighted by Gasteiger charge is 2.23. The molecule has 0 spiro atoms. The summed E-state index contributed by atoms with van der Waals surface area (Å²) in [5, 5.41) is 20.9. The molecule has 10 nitrogen and oxygen atoms in total. The number of hydrazine groups is 2. The fourth-order valence-electron chi connectivity index (χ4n) is 6.20. The van der Waals surface area contributed by atoms with E-state index in [1.165, 1.54) is 25.0 Å². The summed E-state index contributed by atoms with van der Waals surface area (Å²) in [6.07, 6.45) is 16.1. The van der Waals surface area contributed by atoms with E-state index in [-0.39, 0.29) is 40.4 Å². The average Bonchev–Trinajstić information content (AvgIpc) is 3.10. The van der Waals surface area contributed by atoms with Crippen molar-refractivity contribution in [2.75, 3.05) is 0 Å². The van der Waals surface area contributed by atoms with Gasteiger partial charge in [0.2, 0.25) is 11.8 Å². The number of aromatic hydroxyl groups is 2. The van der Waals surface area contributed by atoms with Crippen molar-refractivity contribution >= 4 is 23.6 Å². The molecule has 0 radical (unpaired) electrons. The number of unbranched alkanes of at least 4 members (excludes halogenated alkanes) is 9. The van der Waals surface area contributed by atoms with Crippen molar-refractivity contribution in [1.82, 2.24) is 21.7 Å². The largest absolute Gasteiger partial charge is 0.507 e. The van der Waals surface area contributed by atoms with Crippen LogP contribution in [0.1, 0.15) is 162 Å². The molecule has 0 aliphatic carbocycles. The molecule has 2 rings (SSSR count). The summed E-state index contributed by atoms with van der Waals surface area (Å²) in [4.78, 5) is 52.1. The van der Waals surface area contributed by atoms with Gasteiger partial charge in [0.1, 0.15) is 11.5 Å². The van der Waals surface area contributed by atoms with Crippen LogP contribution in [-0.2, 0) is 22.4 Å². The number of carbonyl (C=O) groups is 4. The number of hydrogen-bond acceptors (Lipinski definition) is 6. The summed E-state index contributed by atoms with van der Waals surface area (Å²) < 4.78 is 0. The maximum atomic E-state index is 13.2. The summed E-state index contributed by atoms with van der Waals surface area (Å²) >= 11 is 0. The number of nitrogens with one attached hydrogen (secondary N) is 4. The number of amides is 4. The van der Waals surface area contributed by atoms with Gasteiger partial charge in [0, 0.05) is 11.8 Å². The van der Waals surface area contributed by atoms with E-state index >= 15 is 0 Å². The molecule has 0 saturated carbocycles. The molecular formula is C40H62N4O6. The van der Waals surface area contributed by atoms with Crippen LogP contribution in [0.25, 0.3) is 0 Å². The maximum Gasteiger partial charge on any atom is 0.273 e. The number of carbonyl (C=O) groups excluding carboxylic acids is 4. The molecule has 0 aliphatic heterocycles. The Morgan fingerprint density at radius 2 is 0.980 bits per heavy atom. The Kier molecular flexibility index (Phi) is 20.3. The van der Waals surface area contributed by atoms with E-state index in [0.717, 1.165) is 75.3 Å². The first-order chi connectivity index (χ1) is 24.1. The van der Waals surface area contributed by atoms with E-state index in [2.05, 4.69) is 35.6 Å². The van der Waals surface area contributed by atoms with Gasteiger partial charge in [-0.05, 0) is 68.2 Å². The predicted octanol–water partition coefficient (Wildman–Crippen LogP) is 7.96. The topological polar surface area (TPSA) is 157 Å². The van der Waals surface area contributed by atoms with Crippen molar-refractivity contribution < 1.29 is 29.4 Å². The lowest BCUT2D eigenvalue weighted by Crippen LogP contribution is -2.45. The van der Waals surface area contributed by atoms with Crippen molar-refractivity contribution in [1.29, 1.82) is 0 Å².